The summed E-state index contributed by atoms with van der Waals surface area (Å²) >= 11 is 6.15. The summed E-state index contributed by atoms with van der Waals surface area (Å²) in [5, 5.41) is 9.57. The van der Waals surface area contributed by atoms with Crippen molar-refractivity contribution in [3.63, 3.8) is 0 Å². The van der Waals surface area contributed by atoms with Crippen LogP contribution in [0.5, 0.6) is 5.75 Å². The summed E-state index contributed by atoms with van der Waals surface area (Å²) in [6.07, 6.45) is 0. The van der Waals surface area contributed by atoms with Crippen LogP contribution in [0.3, 0.4) is 0 Å². The largest absolute Gasteiger partial charge is 0.495 e. The molecule has 1 unspecified atom stereocenters. The van der Waals surface area contributed by atoms with Gasteiger partial charge in [-0.15, -0.1) is 0 Å². The van der Waals surface area contributed by atoms with Gasteiger partial charge in [-0.25, -0.2) is 0 Å². The van der Waals surface area contributed by atoms with Gasteiger partial charge in [-0.05, 0) is 25.0 Å². The minimum Gasteiger partial charge on any atom is -0.495 e. The summed E-state index contributed by atoms with van der Waals surface area (Å²) in [4.78, 5) is 11.1. The van der Waals surface area contributed by atoms with E-state index in [0.717, 1.165) is 11.1 Å². The summed E-state index contributed by atoms with van der Waals surface area (Å²) < 4.78 is 5.19. The van der Waals surface area contributed by atoms with E-state index in [-0.39, 0.29) is 6.54 Å². The number of methoxy groups -OCH3 is 1. The molecule has 0 saturated heterocycles. The second kappa shape index (κ2) is 5.38. The average Bonchev–Trinajstić information content (AvgIpc) is 2.27. The van der Waals surface area contributed by atoms with Crippen LogP contribution in [0.2, 0.25) is 5.02 Å². The standard InChI is InChI=1S/C12H16ClNO3/c1-6-4-8(9(5-14)12(15)16)11(17-3)10(13)7(6)2/h4,9H,5,14H2,1-3H3,(H,15,16). The third kappa shape index (κ3) is 2.53. The van der Waals surface area contributed by atoms with Crippen LogP contribution in [0.15, 0.2) is 6.07 Å². The van der Waals surface area contributed by atoms with E-state index in [4.69, 9.17) is 27.2 Å². The molecule has 0 aliphatic rings. The van der Waals surface area contributed by atoms with E-state index in [1.807, 2.05) is 13.8 Å². The molecule has 0 spiro atoms. The number of ether oxygens (including phenoxy) is 1. The Hall–Kier alpha value is -1.26. The Morgan fingerprint density at radius 1 is 1.59 bits per heavy atom. The summed E-state index contributed by atoms with van der Waals surface area (Å²) in [6, 6.07) is 1.77. The zero-order chi connectivity index (χ0) is 13.2. The van der Waals surface area contributed by atoms with Crippen molar-refractivity contribution in [3.05, 3.63) is 27.8 Å². The lowest BCUT2D eigenvalue weighted by Crippen LogP contribution is -2.22. The fraction of sp³-hybridized carbons (Fsp3) is 0.417. The van der Waals surface area contributed by atoms with Crippen LogP contribution in [0.4, 0.5) is 0 Å². The van der Waals surface area contributed by atoms with Gasteiger partial charge in [0.1, 0.15) is 5.75 Å². The summed E-state index contributed by atoms with van der Waals surface area (Å²) in [5.74, 6) is -1.39. The maximum absolute atomic E-state index is 11.1. The first-order chi connectivity index (χ1) is 7.93. The second-order valence-electron chi connectivity index (χ2n) is 3.88. The molecule has 0 aromatic heterocycles. The molecule has 94 valence electrons. The van der Waals surface area contributed by atoms with Gasteiger partial charge in [0.2, 0.25) is 0 Å². The number of nitrogens with two attached hydrogens (primary N) is 1. The molecule has 0 saturated carbocycles. The molecule has 3 N–H and O–H groups in total. The van der Waals surface area contributed by atoms with Crippen LogP contribution in [-0.4, -0.2) is 24.7 Å². The zero-order valence-corrected chi connectivity index (χ0v) is 10.8. The van der Waals surface area contributed by atoms with Crippen molar-refractivity contribution in [1.82, 2.24) is 0 Å². The highest BCUT2D eigenvalue weighted by atomic mass is 35.5. The van der Waals surface area contributed by atoms with E-state index in [1.165, 1.54) is 7.11 Å². The molecule has 5 heteroatoms. The number of carbonyl (C=O) groups is 1. The summed E-state index contributed by atoms with van der Waals surface area (Å²) in [7, 11) is 1.47. The Morgan fingerprint density at radius 3 is 2.59 bits per heavy atom. The highest BCUT2D eigenvalue weighted by Gasteiger charge is 2.25. The first-order valence-electron chi connectivity index (χ1n) is 5.20. The smallest absolute Gasteiger partial charge is 0.312 e. The molecular weight excluding hydrogens is 242 g/mol. The van der Waals surface area contributed by atoms with Gasteiger partial charge in [0.15, 0.2) is 0 Å². The van der Waals surface area contributed by atoms with E-state index < -0.39 is 11.9 Å². The molecule has 0 heterocycles. The molecule has 0 bridgehead atoms. The molecule has 1 aromatic carbocycles. The number of rotatable bonds is 4. The van der Waals surface area contributed by atoms with Gasteiger partial charge in [0.25, 0.3) is 0 Å². The Morgan fingerprint density at radius 2 is 2.18 bits per heavy atom. The van der Waals surface area contributed by atoms with E-state index in [9.17, 15) is 4.79 Å². The quantitative estimate of drug-likeness (QED) is 0.866. The molecule has 0 aliphatic heterocycles. The molecule has 0 amide bonds. The summed E-state index contributed by atoms with van der Waals surface area (Å²) in [5.41, 5.74) is 7.82. The monoisotopic (exact) mass is 257 g/mol. The third-order valence-electron chi connectivity index (χ3n) is 2.87. The van der Waals surface area contributed by atoms with E-state index >= 15 is 0 Å². The first kappa shape index (κ1) is 13.8. The molecule has 1 atom stereocenters. The number of aliphatic carboxylic acids is 1. The third-order valence-corrected chi connectivity index (χ3v) is 3.32. The number of hydrogen-bond donors (Lipinski definition) is 2. The van der Waals surface area contributed by atoms with Crippen molar-refractivity contribution in [2.45, 2.75) is 19.8 Å². The van der Waals surface area contributed by atoms with Gasteiger partial charge in [-0.1, -0.05) is 17.7 Å². The first-order valence-corrected chi connectivity index (χ1v) is 5.58. The molecule has 17 heavy (non-hydrogen) atoms. The van der Waals surface area contributed by atoms with Gasteiger partial charge < -0.3 is 15.6 Å². The summed E-state index contributed by atoms with van der Waals surface area (Å²) in [6.45, 7) is 3.74. The molecule has 4 nitrogen and oxygen atoms in total. The Balaban J connectivity index is 3.46. The lowest BCUT2D eigenvalue weighted by atomic mass is 9.94. The lowest BCUT2D eigenvalue weighted by Gasteiger charge is -2.18. The average molecular weight is 258 g/mol. The SMILES string of the molecule is COc1c(C(CN)C(=O)O)cc(C)c(C)c1Cl. The Labute approximate surface area is 105 Å². The fourth-order valence-corrected chi connectivity index (χ4v) is 2.04. The van der Waals surface area contributed by atoms with Crippen LogP contribution in [-0.2, 0) is 4.79 Å². The topological polar surface area (TPSA) is 72.5 Å². The normalized spacial score (nSPS) is 12.3. The maximum Gasteiger partial charge on any atom is 0.312 e. The molecule has 1 aromatic rings. The maximum atomic E-state index is 11.1. The molecule has 0 aliphatic carbocycles. The minimum atomic E-state index is -0.981. The van der Waals surface area contributed by atoms with E-state index in [2.05, 4.69) is 0 Å². The van der Waals surface area contributed by atoms with Crippen molar-refractivity contribution in [3.8, 4) is 5.75 Å². The predicted molar refractivity (Wildman–Crippen MR) is 66.9 cm³/mol. The lowest BCUT2D eigenvalue weighted by molar-refractivity contribution is -0.138. The van der Waals surface area contributed by atoms with E-state index in [0.29, 0.717) is 16.3 Å². The molecule has 1 rings (SSSR count). The minimum absolute atomic E-state index is 0.00449. The zero-order valence-electron chi connectivity index (χ0n) is 10.1. The van der Waals surface area contributed by atoms with Crippen LogP contribution >= 0.6 is 11.6 Å². The van der Waals surface area contributed by atoms with E-state index in [1.54, 1.807) is 6.07 Å². The number of benzene rings is 1. The number of carboxylic acid groups (broad SMARTS) is 1. The fourth-order valence-electron chi connectivity index (χ4n) is 1.70. The second-order valence-corrected chi connectivity index (χ2v) is 4.26. The van der Waals surface area contributed by atoms with Crippen molar-refractivity contribution < 1.29 is 14.6 Å². The van der Waals surface area contributed by atoms with Crippen LogP contribution < -0.4 is 10.5 Å². The van der Waals surface area contributed by atoms with Crippen LogP contribution in [0.25, 0.3) is 0 Å². The van der Waals surface area contributed by atoms with Gasteiger partial charge in [0, 0.05) is 12.1 Å². The van der Waals surface area contributed by atoms with Crippen molar-refractivity contribution >= 4 is 17.6 Å². The number of halogens is 1. The number of carboxylic acids is 1. The van der Waals surface area contributed by atoms with Crippen LogP contribution in [0.1, 0.15) is 22.6 Å². The highest BCUT2D eigenvalue weighted by Crippen LogP contribution is 2.37. The molecular formula is C12H16ClNO3. The number of hydrogen-bond acceptors (Lipinski definition) is 3. The van der Waals surface area contributed by atoms with Crippen LogP contribution in [0, 0.1) is 13.8 Å². The van der Waals surface area contributed by atoms with Gasteiger partial charge in [0.05, 0.1) is 18.1 Å². The van der Waals surface area contributed by atoms with Gasteiger partial charge in [-0.3, -0.25) is 4.79 Å². The number of aryl methyl sites for hydroxylation is 1. The highest BCUT2D eigenvalue weighted by molar-refractivity contribution is 6.33. The van der Waals surface area contributed by atoms with Crippen molar-refractivity contribution in [1.29, 1.82) is 0 Å². The van der Waals surface area contributed by atoms with Crippen molar-refractivity contribution in [2.75, 3.05) is 13.7 Å². The van der Waals surface area contributed by atoms with Crippen molar-refractivity contribution in [2.24, 2.45) is 5.73 Å². The van der Waals surface area contributed by atoms with Gasteiger partial charge in [-0.2, -0.15) is 0 Å². The Bertz CT molecular complexity index is 446. The Kier molecular flexibility index (Phi) is 4.37. The predicted octanol–water partition coefficient (Wildman–Crippen LogP) is 2.09. The molecule has 0 radical (unpaired) electrons. The van der Waals surface area contributed by atoms with Gasteiger partial charge >= 0.3 is 5.97 Å². The molecule has 0 fully saturated rings.